The zero-order chi connectivity index (χ0) is 15.8. The minimum atomic E-state index is -0.111. The van der Waals surface area contributed by atoms with Crippen molar-refractivity contribution in [1.82, 2.24) is 4.90 Å². The minimum Gasteiger partial charge on any atom is -0.339 e. The first-order valence-electron chi connectivity index (χ1n) is 7.40. The normalized spacial score (nSPS) is 11.1. The van der Waals surface area contributed by atoms with Crippen LogP contribution in [0.1, 0.15) is 44.5 Å². The van der Waals surface area contributed by atoms with Gasteiger partial charge < -0.3 is 10.2 Å². The van der Waals surface area contributed by atoms with E-state index in [-0.39, 0.29) is 11.8 Å². The Bertz CT molecular complexity index is 514. The monoisotopic (exact) mass is 288 g/mol. The van der Waals surface area contributed by atoms with Gasteiger partial charge in [0.1, 0.15) is 0 Å². The molecule has 1 aromatic rings. The molecule has 0 bridgehead atoms. The standard InChI is InChI=1S/C17H24N2O2/c1-5-8-13(4)16(20)18-15-11-9-14(10-12-15)17(21)19(6-2)7-3/h8-12H,5-7H2,1-4H3,(H,18,20)/b13-8+. The second-order valence-corrected chi connectivity index (χ2v) is 4.80. The molecule has 1 aromatic carbocycles. The van der Waals surface area contributed by atoms with E-state index in [1.54, 1.807) is 36.1 Å². The Balaban J connectivity index is 2.77. The number of nitrogens with one attached hydrogen (secondary N) is 1. The smallest absolute Gasteiger partial charge is 0.253 e. The van der Waals surface area contributed by atoms with Crippen molar-refractivity contribution >= 4 is 17.5 Å². The second-order valence-electron chi connectivity index (χ2n) is 4.80. The molecular weight excluding hydrogens is 264 g/mol. The second kappa shape index (κ2) is 8.25. The van der Waals surface area contributed by atoms with Crippen molar-refractivity contribution in [3.05, 3.63) is 41.5 Å². The Morgan fingerprint density at radius 1 is 1.10 bits per heavy atom. The summed E-state index contributed by atoms with van der Waals surface area (Å²) >= 11 is 0. The van der Waals surface area contributed by atoms with E-state index in [2.05, 4.69) is 5.32 Å². The predicted molar refractivity (Wildman–Crippen MR) is 86.4 cm³/mol. The van der Waals surface area contributed by atoms with Crippen LogP contribution < -0.4 is 5.32 Å². The quantitative estimate of drug-likeness (QED) is 0.815. The number of rotatable bonds is 6. The molecule has 2 amide bonds. The zero-order valence-electron chi connectivity index (χ0n) is 13.3. The van der Waals surface area contributed by atoms with Gasteiger partial charge in [-0.3, -0.25) is 9.59 Å². The van der Waals surface area contributed by atoms with Gasteiger partial charge in [0.05, 0.1) is 0 Å². The number of benzene rings is 1. The lowest BCUT2D eigenvalue weighted by Gasteiger charge is -2.18. The largest absolute Gasteiger partial charge is 0.339 e. The van der Waals surface area contributed by atoms with Crippen LogP contribution in [0, 0.1) is 0 Å². The van der Waals surface area contributed by atoms with Gasteiger partial charge in [-0.1, -0.05) is 13.0 Å². The van der Waals surface area contributed by atoms with Crippen LogP contribution in [-0.2, 0) is 4.79 Å². The van der Waals surface area contributed by atoms with E-state index in [9.17, 15) is 9.59 Å². The van der Waals surface area contributed by atoms with Crippen molar-refractivity contribution in [3.63, 3.8) is 0 Å². The Morgan fingerprint density at radius 2 is 1.67 bits per heavy atom. The Morgan fingerprint density at radius 3 is 2.14 bits per heavy atom. The molecule has 0 unspecified atom stereocenters. The maximum Gasteiger partial charge on any atom is 0.253 e. The summed E-state index contributed by atoms with van der Waals surface area (Å²) in [7, 11) is 0. The van der Waals surface area contributed by atoms with Gasteiger partial charge in [0, 0.05) is 29.9 Å². The molecule has 0 aliphatic heterocycles. The molecule has 0 saturated heterocycles. The molecule has 0 aromatic heterocycles. The molecule has 4 nitrogen and oxygen atoms in total. The number of hydrogen-bond acceptors (Lipinski definition) is 2. The van der Waals surface area contributed by atoms with E-state index in [0.717, 1.165) is 6.42 Å². The number of anilines is 1. The van der Waals surface area contributed by atoms with E-state index >= 15 is 0 Å². The molecule has 0 heterocycles. The lowest BCUT2D eigenvalue weighted by Crippen LogP contribution is -2.30. The molecule has 0 spiro atoms. The van der Waals surface area contributed by atoms with Crippen LogP contribution in [0.3, 0.4) is 0 Å². The Kier molecular flexibility index (Phi) is 6.66. The van der Waals surface area contributed by atoms with E-state index in [0.29, 0.717) is 29.9 Å². The summed E-state index contributed by atoms with van der Waals surface area (Å²) in [5, 5.41) is 2.82. The molecule has 21 heavy (non-hydrogen) atoms. The Labute approximate surface area is 126 Å². The highest BCUT2D eigenvalue weighted by Gasteiger charge is 2.12. The van der Waals surface area contributed by atoms with E-state index in [1.165, 1.54) is 0 Å². The topological polar surface area (TPSA) is 49.4 Å². The fourth-order valence-electron chi connectivity index (χ4n) is 2.02. The van der Waals surface area contributed by atoms with Crippen molar-refractivity contribution in [2.45, 2.75) is 34.1 Å². The number of nitrogens with zero attached hydrogens (tertiary/aromatic N) is 1. The summed E-state index contributed by atoms with van der Waals surface area (Å²) in [6.07, 6.45) is 2.71. The molecule has 4 heteroatoms. The van der Waals surface area contributed by atoms with Crippen molar-refractivity contribution in [2.24, 2.45) is 0 Å². The van der Waals surface area contributed by atoms with Gasteiger partial charge in [-0.15, -0.1) is 0 Å². The molecular formula is C17H24N2O2. The third-order valence-corrected chi connectivity index (χ3v) is 3.31. The minimum absolute atomic E-state index is 0.0138. The molecule has 1 N–H and O–H groups in total. The van der Waals surface area contributed by atoms with Crippen molar-refractivity contribution in [1.29, 1.82) is 0 Å². The molecule has 0 fully saturated rings. The van der Waals surface area contributed by atoms with Gasteiger partial charge in [0.25, 0.3) is 11.8 Å². The van der Waals surface area contributed by atoms with Crippen LogP contribution in [0.15, 0.2) is 35.9 Å². The summed E-state index contributed by atoms with van der Waals surface area (Å²) in [5.74, 6) is -0.0976. The molecule has 0 aliphatic rings. The molecule has 0 radical (unpaired) electrons. The van der Waals surface area contributed by atoms with Gasteiger partial charge in [0.2, 0.25) is 0 Å². The number of amides is 2. The molecule has 0 aliphatic carbocycles. The van der Waals surface area contributed by atoms with Crippen LogP contribution in [-0.4, -0.2) is 29.8 Å². The molecule has 0 saturated carbocycles. The highest BCUT2D eigenvalue weighted by molar-refractivity contribution is 6.03. The lowest BCUT2D eigenvalue weighted by molar-refractivity contribution is -0.112. The molecule has 1 rings (SSSR count). The maximum absolute atomic E-state index is 12.2. The van der Waals surface area contributed by atoms with Crippen molar-refractivity contribution in [3.8, 4) is 0 Å². The summed E-state index contributed by atoms with van der Waals surface area (Å²) in [6, 6.07) is 7.01. The van der Waals surface area contributed by atoms with Crippen molar-refractivity contribution in [2.75, 3.05) is 18.4 Å². The van der Waals surface area contributed by atoms with Gasteiger partial charge in [-0.05, 0) is 51.5 Å². The van der Waals surface area contributed by atoms with E-state index in [1.807, 2.05) is 26.8 Å². The van der Waals surface area contributed by atoms with E-state index < -0.39 is 0 Å². The van der Waals surface area contributed by atoms with Crippen LogP contribution in [0.5, 0.6) is 0 Å². The lowest BCUT2D eigenvalue weighted by atomic mass is 10.1. The zero-order valence-corrected chi connectivity index (χ0v) is 13.3. The number of carbonyl (C=O) groups is 2. The maximum atomic E-state index is 12.2. The summed E-state index contributed by atoms with van der Waals surface area (Å²) < 4.78 is 0. The molecule has 0 atom stereocenters. The van der Waals surface area contributed by atoms with Gasteiger partial charge in [0.15, 0.2) is 0 Å². The fraction of sp³-hybridized carbons (Fsp3) is 0.412. The van der Waals surface area contributed by atoms with Gasteiger partial charge in [-0.2, -0.15) is 0 Å². The fourth-order valence-corrected chi connectivity index (χ4v) is 2.02. The van der Waals surface area contributed by atoms with Crippen LogP contribution in [0.2, 0.25) is 0 Å². The summed E-state index contributed by atoms with van der Waals surface area (Å²) in [6.45, 7) is 9.07. The summed E-state index contributed by atoms with van der Waals surface area (Å²) in [4.78, 5) is 25.8. The van der Waals surface area contributed by atoms with Crippen LogP contribution in [0.4, 0.5) is 5.69 Å². The van der Waals surface area contributed by atoms with Gasteiger partial charge >= 0.3 is 0 Å². The third kappa shape index (κ3) is 4.74. The van der Waals surface area contributed by atoms with Gasteiger partial charge in [-0.25, -0.2) is 0 Å². The highest BCUT2D eigenvalue weighted by Crippen LogP contribution is 2.13. The van der Waals surface area contributed by atoms with E-state index in [4.69, 9.17) is 0 Å². The van der Waals surface area contributed by atoms with Crippen LogP contribution in [0.25, 0.3) is 0 Å². The SMILES string of the molecule is CC/C=C(\C)C(=O)Nc1ccc(C(=O)N(CC)CC)cc1. The average molecular weight is 288 g/mol. The first-order chi connectivity index (χ1) is 10.0. The first-order valence-corrected chi connectivity index (χ1v) is 7.40. The first kappa shape index (κ1) is 17.0. The average Bonchev–Trinajstić information content (AvgIpc) is 2.49. The Hall–Kier alpha value is -2.10. The summed E-state index contributed by atoms with van der Waals surface area (Å²) in [5.41, 5.74) is 2.03. The predicted octanol–water partition coefficient (Wildman–Crippen LogP) is 3.46. The highest BCUT2D eigenvalue weighted by atomic mass is 16.2. The number of allylic oxidation sites excluding steroid dienone is 1. The number of hydrogen-bond donors (Lipinski definition) is 1. The van der Waals surface area contributed by atoms with Crippen LogP contribution >= 0.6 is 0 Å². The number of carbonyl (C=O) groups excluding carboxylic acids is 2. The van der Waals surface area contributed by atoms with Crippen molar-refractivity contribution < 1.29 is 9.59 Å². The third-order valence-electron chi connectivity index (χ3n) is 3.31. The molecule has 114 valence electrons.